The lowest BCUT2D eigenvalue weighted by Crippen LogP contribution is -2.25. The van der Waals surface area contributed by atoms with Crippen molar-refractivity contribution in [3.63, 3.8) is 0 Å². The second-order valence-electron chi connectivity index (χ2n) is 4.66. The van der Waals surface area contributed by atoms with Crippen LogP contribution in [-0.2, 0) is 0 Å². The second-order valence-corrected chi connectivity index (χ2v) is 5.81. The molecule has 3 nitrogen and oxygen atoms in total. The fraction of sp³-hybridized carbons (Fsp3) is 0.357. The van der Waals surface area contributed by atoms with Crippen molar-refractivity contribution in [1.82, 2.24) is 4.98 Å². The molecule has 2 heterocycles. The van der Waals surface area contributed by atoms with E-state index >= 15 is 0 Å². The summed E-state index contributed by atoms with van der Waals surface area (Å²) in [5.41, 5.74) is 8.76. The Morgan fingerprint density at radius 1 is 1.33 bits per heavy atom. The highest BCUT2D eigenvalue weighted by Gasteiger charge is 2.14. The number of anilines is 2. The average Bonchev–Trinajstić information content (AvgIpc) is 2.44. The van der Waals surface area contributed by atoms with Crippen molar-refractivity contribution >= 4 is 34.0 Å². The largest absolute Gasteiger partial charge is 0.397 e. The highest BCUT2D eigenvalue weighted by molar-refractivity contribution is 7.99. The van der Waals surface area contributed by atoms with E-state index in [0.717, 1.165) is 22.3 Å². The molecular weight excluding hydrogens is 242 g/mol. The number of benzene rings is 1. The Bertz CT molecular complexity index is 550. The molecule has 0 amide bonds. The van der Waals surface area contributed by atoms with Gasteiger partial charge in [0.25, 0.3) is 0 Å². The van der Waals surface area contributed by atoms with Crippen molar-refractivity contribution in [2.24, 2.45) is 0 Å². The Labute approximate surface area is 111 Å². The number of nitrogens with zero attached hydrogens (tertiary/aromatic N) is 1. The lowest BCUT2D eigenvalue weighted by Gasteiger charge is -2.24. The van der Waals surface area contributed by atoms with E-state index in [4.69, 9.17) is 5.73 Å². The fourth-order valence-electron chi connectivity index (χ4n) is 2.39. The zero-order valence-corrected chi connectivity index (χ0v) is 11.0. The minimum atomic E-state index is 0.566. The van der Waals surface area contributed by atoms with Gasteiger partial charge in [0.05, 0.1) is 11.2 Å². The molecule has 0 bridgehead atoms. The van der Waals surface area contributed by atoms with Crippen LogP contribution in [-0.4, -0.2) is 22.5 Å². The third-order valence-corrected chi connectivity index (χ3v) is 4.54. The number of nitrogens with two attached hydrogens (primary N) is 1. The molecule has 1 aromatic heterocycles. The number of aromatic nitrogens is 1. The van der Waals surface area contributed by atoms with Crippen LogP contribution >= 0.6 is 11.8 Å². The van der Waals surface area contributed by atoms with Crippen molar-refractivity contribution in [3.8, 4) is 0 Å². The van der Waals surface area contributed by atoms with Gasteiger partial charge >= 0.3 is 0 Å². The van der Waals surface area contributed by atoms with Gasteiger partial charge < -0.3 is 11.1 Å². The Hall–Kier alpha value is -1.42. The van der Waals surface area contributed by atoms with Crippen molar-refractivity contribution < 1.29 is 0 Å². The first-order chi connectivity index (χ1) is 8.84. The van der Waals surface area contributed by atoms with Gasteiger partial charge in [0.1, 0.15) is 0 Å². The molecule has 1 atom stereocenters. The molecule has 94 valence electrons. The van der Waals surface area contributed by atoms with Crippen LogP contribution in [0.1, 0.15) is 12.8 Å². The number of nitrogens with one attached hydrogen (secondary N) is 1. The lowest BCUT2D eigenvalue weighted by atomic mass is 10.1. The molecule has 0 saturated carbocycles. The van der Waals surface area contributed by atoms with Gasteiger partial charge in [-0.15, -0.1) is 0 Å². The number of hydrogen-bond acceptors (Lipinski definition) is 4. The molecule has 1 aromatic carbocycles. The fourth-order valence-corrected chi connectivity index (χ4v) is 3.47. The van der Waals surface area contributed by atoms with E-state index in [9.17, 15) is 0 Å². The van der Waals surface area contributed by atoms with E-state index < -0.39 is 0 Å². The lowest BCUT2D eigenvalue weighted by molar-refractivity contribution is 0.686. The maximum Gasteiger partial charge on any atom is 0.0951 e. The molecule has 2 aromatic rings. The molecule has 1 saturated heterocycles. The van der Waals surface area contributed by atoms with Crippen LogP contribution in [0.15, 0.2) is 30.5 Å². The molecule has 0 spiro atoms. The maximum atomic E-state index is 5.96. The van der Waals surface area contributed by atoms with Crippen LogP contribution in [0.5, 0.6) is 0 Å². The number of pyridine rings is 1. The number of fused-ring (bicyclic) bond motifs is 1. The van der Waals surface area contributed by atoms with Gasteiger partial charge in [-0.3, -0.25) is 4.98 Å². The summed E-state index contributed by atoms with van der Waals surface area (Å²) in [6.45, 7) is 0. The highest BCUT2D eigenvalue weighted by atomic mass is 32.2. The van der Waals surface area contributed by atoms with Gasteiger partial charge in [0.2, 0.25) is 0 Å². The van der Waals surface area contributed by atoms with E-state index in [0.29, 0.717) is 6.04 Å². The van der Waals surface area contributed by atoms with E-state index in [2.05, 4.69) is 22.4 Å². The van der Waals surface area contributed by atoms with Gasteiger partial charge in [-0.2, -0.15) is 11.8 Å². The van der Waals surface area contributed by atoms with E-state index in [-0.39, 0.29) is 0 Å². The molecule has 3 N–H and O–H groups in total. The van der Waals surface area contributed by atoms with E-state index in [1.54, 1.807) is 6.20 Å². The van der Waals surface area contributed by atoms with Crippen LogP contribution in [0.2, 0.25) is 0 Å². The summed E-state index contributed by atoms with van der Waals surface area (Å²) in [7, 11) is 0. The van der Waals surface area contributed by atoms with E-state index in [1.807, 2.05) is 23.9 Å². The number of thioether (sulfide) groups is 1. The minimum Gasteiger partial charge on any atom is -0.397 e. The van der Waals surface area contributed by atoms with Crippen LogP contribution in [0.4, 0.5) is 11.4 Å². The molecule has 0 aliphatic carbocycles. The first-order valence-corrected chi connectivity index (χ1v) is 7.47. The Morgan fingerprint density at radius 2 is 2.28 bits per heavy atom. The normalized spacial score (nSPS) is 19.9. The third-order valence-electron chi connectivity index (χ3n) is 3.32. The summed E-state index contributed by atoms with van der Waals surface area (Å²) in [4.78, 5) is 4.36. The number of rotatable bonds is 2. The maximum absolute atomic E-state index is 5.96. The van der Waals surface area contributed by atoms with Crippen LogP contribution in [0.25, 0.3) is 10.9 Å². The summed E-state index contributed by atoms with van der Waals surface area (Å²) in [5, 5.41) is 4.75. The predicted molar refractivity (Wildman–Crippen MR) is 80.1 cm³/mol. The first kappa shape index (κ1) is 11.7. The van der Waals surface area contributed by atoms with Crippen molar-refractivity contribution in [2.75, 3.05) is 22.6 Å². The second kappa shape index (κ2) is 5.06. The smallest absolute Gasteiger partial charge is 0.0951 e. The van der Waals surface area contributed by atoms with Crippen LogP contribution < -0.4 is 11.1 Å². The van der Waals surface area contributed by atoms with Crippen molar-refractivity contribution in [2.45, 2.75) is 18.9 Å². The Morgan fingerprint density at radius 3 is 3.11 bits per heavy atom. The molecule has 3 rings (SSSR count). The van der Waals surface area contributed by atoms with Crippen molar-refractivity contribution in [1.29, 1.82) is 0 Å². The molecular formula is C14H17N3S. The van der Waals surface area contributed by atoms with Gasteiger partial charge in [0.15, 0.2) is 0 Å². The van der Waals surface area contributed by atoms with Gasteiger partial charge in [0, 0.05) is 29.1 Å². The third kappa shape index (κ3) is 2.25. The summed E-state index contributed by atoms with van der Waals surface area (Å²) in [6, 6.07) is 8.61. The minimum absolute atomic E-state index is 0.566. The Kier molecular flexibility index (Phi) is 3.28. The predicted octanol–water partition coefficient (Wildman–Crippen LogP) is 3.12. The van der Waals surface area contributed by atoms with Crippen molar-refractivity contribution in [3.05, 3.63) is 30.5 Å². The summed E-state index contributed by atoms with van der Waals surface area (Å²) in [6.07, 6.45) is 4.34. The molecule has 1 aliphatic rings. The van der Waals surface area contributed by atoms with Gasteiger partial charge in [-0.1, -0.05) is 0 Å². The number of hydrogen-bond donors (Lipinski definition) is 2. The van der Waals surface area contributed by atoms with E-state index in [1.165, 1.54) is 24.3 Å². The Balaban J connectivity index is 1.94. The molecule has 4 heteroatoms. The quantitative estimate of drug-likeness (QED) is 0.814. The average molecular weight is 259 g/mol. The molecule has 18 heavy (non-hydrogen) atoms. The summed E-state index contributed by atoms with van der Waals surface area (Å²) in [5.74, 6) is 2.48. The first-order valence-electron chi connectivity index (χ1n) is 6.32. The molecule has 1 unspecified atom stereocenters. The SMILES string of the molecule is Nc1ccc(NC2CCCSC2)c2cccnc12. The zero-order chi connectivity index (χ0) is 12.4. The van der Waals surface area contributed by atoms with Gasteiger partial charge in [-0.05, 0) is 42.9 Å². The highest BCUT2D eigenvalue weighted by Crippen LogP contribution is 2.28. The van der Waals surface area contributed by atoms with Gasteiger partial charge in [-0.25, -0.2) is 0 Å². The summed E-state index contributed by atoms with van der Waals surface area (Å²) >= 11 is 2.03. The van der Waals surface area contributed by atoms with Crippen LogP contribution in [0, 0.1) is 0 Å². The monoisotopic (exact) mass is 259 g/mol. The summed E-state index contributed by atoms with van der Waals surface area (Å²) < 4.78 is 0. The molecule has 0 radical (unpaired) electrons. The standard InChI is InChI=1S/C14H17N3S/c15-12-5-6-13(11-4-1-7-16-14(11)12)17-10-3-2-8-18-9-10/h1,4-7,10,17H,2-3,8-9,15H2. The molecule has 1 aliphatic heterocycles. The molecule has 1 fully saturated rings. The number of nitrogen functional groups attached to an aromatic ring is 1. The van der Waals surface area contributed by atoms with Crippen LogP contribution in [0.3, 0.4) is 0 Å². The zero-order valence-electron chi connectivity index (χ0n) is 10.2. The topological polar surface area (TPSA) is 50.9 Å².